The molecule has 0 fully saturated rings. The molecule has 0 aliphatic carbocycles. The highest BCUT2D eigenvalue weighted by Gasteiger charge is 2.17. The summed E-state index contributed by atoms with van der Waals surface area (Å²) in [4.78, 5) is 10.9. The van der Waals surface area contributed by atoms with Crippen molar-refractivity contribution in [3.63, 3.8) is 0 Å². The summed E-state index contributed by atoms with van der Waals surface area (Å²) in [5.41, 5.74) is -0.345. The number of carbonyl (C=O) groups is 1. The molecule has 4 heteroatoms. The van der Waals surface area contributed by atoms with Gasteiger partial charge in [0.15, 0.2) is 0 Å². The van der Waals surface area contributed by atoms with Crippen LogP contribution in [0.5, 0.6) is 0 Å². The second-order valence-corrected chi connectivity index (χ2v) is 2.46. The molecule has 0 bridgehead atoms. The fraction of sp³-hybridized carbons (Fsp3) is 0.333. The van der Waals surface area contributed by atoms with Crippen molar-refractivity contribution in [3.8, 4) is 18.2 Å². The van der Waals surface area contributed by atoms with Gasteiger partial charge in [0, 0.05) is 0 Å². The van der Waals surface area contributed by atoms with E-state index in [4.69, 9.17) is 15.8 Å². The minimum atomic E-state index is -0.681. The molecule has 0 aromatic heterocycles. The molecule has 1 atom stereocenters. The Labute approximate surface area is 76.3 Å². The molecule has 0 aromatic carbocycles. The number of hydrogen-bond donors (Lipinski definition) is 0. The summed E-state index contributed by atoms with van der Waals surface area (Å²) < 4.78 is 0. The van der Waals surface area contributed by atoms with Crippen LogP contribution in [-0.4, -0.2) is 5.78 Å². The maximum atomic E-state index is 10.9. The summed E-state index contributed by atoms with van der Waals surface area (Å²) in [6, 6.07) is 4.86. The average molecular weight is 173 g/mol. The highest BCUT2D eigenvalue weighted by molar-refractivity contribution is 5.82. The minimum absolute atomic E-state index is 0.0579. The zero-order valence-corrected chi connectivity index (χ0v) is 7.33. The number of Topliss-reactive ketones (excluding diaryl/α,β-unsaturated/α-hetero) is 1. The predicted molar refractivity (Wildman–Crippen MR) is 43.7 cm³/mol. The number of ketones is 1. The van der Waals surface area contributed by atoms with Crippen molar-refractivity contribution in [1.29, 1.82) is 15.8 Å². The topological polar surface area (TPSA) is 88.4 Å². The monoisotopic (exact) mass is 173 g/mol. The Bertz CT molecular complexity index is 357. The molecule has 0 rings (SSSR count). The lowest BCUT2D eigenvalue weighted by Crippen LogP contribution is -2.10. The van der Waals surface area contributed by atoms with Gasteiger partial charge in [-0.3, -0.25) is 4.79 Å². The molecule has 0 aromatic rings. The first-order chi connectivity index (χ1) is 6.08. The van der Waals surface area contributed by atoms with Gasteiger partial charge >= 0.3 is 0 Å². The van der Waals surface area contributed by atoms with Crippen LogP contribution in [0.2, 0.25) is 0 Å². The van der Waals surface area contributed by atoms with E-state index in [1.807, 2.05) is 0 Å². The van der Waals surface area contributed by atoms with Crippen LogP contribution in [0.15, 0.2) is 11.1 Å². The van der Waals surface area contributed by atoms with Gasteiger partial charge in [-0.25, -0.2) is 0 Å². The highest BCUT2D eigenvalue weighted by atomic mass is 16.1. The molecule has 13 heavy (non-hydrogen) atoms. The smallest absolute Gasteiger partial charge is 0.144 e. The number of rotatable bonds is 2. The van der Waals surface area contributed by atoms with E-state index < -0.39 is 5.92 Å². The third-order valence-corrected chi connectivity index (χ3v) is 1.66. The van der Waals surface area contributed by atoms with Crippen LogP contribution in [-0.2, 0) is 4.79 Å². The summed E-state index contributed by atoms with van der Waals surface area (Å²) in [6.45, 7) is 2.81. The fourth-order valence-corrected chi connectivity index (χ4v) is 0.718. The molecule has 0 heterocycles. The first kappa shape index (κ1) is 10.9. The maximum Gasteiger partial charge on any atom is 0.144 e. The van der Waals surface area contributed by atoms with Gasteiger partial charge in [-0.1, -0.05) is 6.92 Å². The predicted octanol–water partition coefficient (Wildman–Crippen LogP) is 1.08. The average Bonchev–Trinajstić information content (AvgIpc) is 2.12. The Kier molecular flexibility index (Phi) is 3.93. The first-order valence-corrected chi connectivity index (χ1v) is 3.53. The molecule has 64 valence electrons. The summed E-state index contributed by atoms with van der Waals surface area (Å²) >= 11 is 0. The van der Waals surface area contributed by atoms with Crippen LogP contribution in [0.1, 0.15) is 13.8 Å². The van der Waals surface area contributed by atoms with Crippen molar-refractivity contribution < 1.29 is 4.79 Å². The van der Waals surface area contributed by atoms with Crippen LogP contribution in [0.4, 0.5) is 0 Å². The van der Waals surface area contributed by atoms with Crippen molar-refractivity contribution in [3.05, 3.63) is 11.1 Å². The third kappa shape index (κ3) is 2.43. The number of nitrogens with zero attached hydrogens (tertiary/aromatic N) is 3. The fourth-order valence-electron chi connectivity index (χ4n) is 0.718. The van der Waals surface area contributed by atoms with Crippen molar-refractivity contribution in [1.82, 2.24) is 0 Å². The third-order valence-electron chi connectivity index (χ3n) is 1.66. The largest absolute Gasteiger partial charge is 0.299 e. The summed E-state index contributed by atoms with van der Waals surface area (Å²) in [7, 11) is 0. The van der Waals surface area contributed by atoms with E-state index in [0.717, 1.165) is 0 Å². The zero-order valence-electron chi connectivity index (χ0n) is 7.33. The molecule has 0 aliphatic rings. The molecular formula is C9H7N3O. The normalized spacial score (nSPS) is 10.1. The van der Waals surface area contributed by atoms with Gasteiger partial charge in [-0.15, -0.1) is 0 Å². The number of hydrogen-bond acceptors (Lipinski definition) is 4. The van der Waals surface area contributed by atoms with Gasteiger partial charge in [-0.05, 0) is 6.92 Å². The lowest BCUT2D eigenvalue weighted by molar-refractivity contribution is -0.119. The van der Waals surface area contributed by atoms with E-state index in [-0.39, 0.29) is 16.9 Å². The van der Waals surface area contributed by atoms with Gasteiger partial charge < -0.3 is 0 Å². The van der Waals surface area contributed by atoms with Crippen LogP contribution in [0.25, 0.3) is 0 Å². The summed E-state index contributed by atoms with van der Waals surface area (Å²) in [6.07, 6.45) is 0. The molecule has 0 spiro atoms. The SMILES string of the molecule is CC(=O)C(C)C(C#N)=C(C#N)C#N. The Hall–Kier alpha value is -2.12. The summed E-state index contributed by atoms with van der Waals surface area (Å²) in [5.74, 6) is -0.918. The van der Waals surface area contributed by atoms with Crippen molar-refractivity contribution in [2.75, 3.05) is 0 Å². The molecule has 0 saturated heterocycles. The van der Waals surface area contributed by atoms with Gasteiger partial charge in [0.05, 0.1) is 17.6 Å². The van der Waals surface area contributed by atoms with E-state index in [2.05, 4.69) is 0 Å². The minimum Gasteiger partial charge on any atom is -0.299 e. The first-order valence-electron chi connectivity index (χ1n) is 3.53. The number of carbonyl (C=O) groups excluding carboxylic acids is 1. The molecular weight excluding hydrogens is 166 g/mol. The second kappa shape index (κ2) is 4.70. The second-order valence-electron chi connectivity index (χ2n) is 2.46. The summed E-state index contributed by atoms with van der Waals surface area (Å²) in [5, 5.41) is 25.5. The maximum absolute atomic E-state index is 10.9. The lowest BCUT2D eigenvalue weighted by atomic mass is 9.95. The Balaban J connectivity index is 5.30. The molecule has 0 radical (unpaired) electrons. The van der Waals surface area contributed by atoms with Crippen LogP contribution in [0.3, 0.4) is 0 Å². The lowest BCUT2D eigenvalue weighted by Gasteiger charge is -2.03. The molecule has 1 unspecified atom stereocenters. The molecule has 0 amide bonds. The standard InChI is InChI=1S/C9H7N3O/c1-6(7(2)13)9(5-12)8(3-10)4-11/h6H,1-2H3. The van der Waals surface area contributed by atoms with E-state index in [0.29, 0.717) is 0 Å². The van der Waals surface area contributed by atoms with Gasteiger partial charge in [0.25, 0.3) is 0 Å². The van der Waals surface area contributed by atoms with Gasteiger partial charge in [0.2, 0.25) is 0 Å². The van der Waals surface area contributed by atoms with Crippen molar-refractivity contribution in [2.45, 2.75) is 13.8 Å². The quantitative estimate of drug-likeness (QED) is 0.584. The Morgan fingerprint density at radius 1 is 1.15 bits per heavy atom. The van der Waals surface area contributed by atoms with E-state index in [1.165, 1.54) is 13.8 Å². The molecule has 0 saturated carbocycles. The zero-order chi connectivity index (χ0) is 10.4. The number of allylic oxidation sites excluding steroid dienone is 2. The van der Waals surface area contributed by atoms with E-state index in [1.54, 1.807) is 18.2 Å². The van der Waals surface area contributed by atoms with Crippen LogP contribution >= 0.6 is 0 Å². The van der Waals surface area contributed by atoms with Crippen LogP contribution in [0, 0.1) is 39.9 Å². The van der Waals surface area contributed by atoms with Crippen molar-refractivity contribution >= 4 is 5.78 Å². The highest BCUT2D eigenvalue weighted by Crippen LogP contribution is 2.14. The van der Waals surface area contributed by atoms with Crippen LogP contribution < -0.4 is 0 Å². The molecule has 0 N–H and O–H groups in total. The number of nitriles is 3. The van der Waals surface area contributed by atoms with Crippen molar-refractivity contribution in [2.24, 2.45) is 5.92 Å². The Morgan fingerprint density at radius 2 is 1.62 bits per heavy atom. The van der Waals surface area contributed by atoms with Gasteiger partial charge in [0.1, 0.15) is 23.5 Å². The Morgan fingerprint density at radius 3 is 1.85 bits per heavy atom. The molecule has 0 aliphatic heterocycles. The van der Waals surface area contributed by atoms with E-state index in [9.17, 15) is 4.79 Å². The molecule has 4 nitrogen and oxygen atoms in total. The van der Waals surface area contributed by atoms with E-state index >= 15 is 0 Å². The van der Waals surface area contributed by atoms with Gasteiger partial charge in [-0.2, -0.15) is 15.8 Å².